The number of halogens is 3. The number of carbonyl (C=O) groups is 2. The number of nitrogens with one attached hydrogen (secondary N) is 1. The lowest BCUT2D eigenvalue weighted by molar-refractivity contribution is -0.174. The van der Waals surface area contributed by atoms with Crippen molar-refractivity contribution in [2.24, 2.45) is 5.92 Å². The van der Waals surface area contributed by atoms with Crippen molar-refractivity contribution in [1.29, 1.82) is 0 Å². The maximum atomic E-state index is 13.2. The quantitative estimate of drug-likeness (QED) is 0.514. The third-order valence-corrected chi connectivity index (χ3v) is 6.14. The van der Waals surface area contributed by atoms with Crippen molar-refractivity contribution in [2.75, 3.05) is 45.9 Å². The average molecular weight is 494 g/mol. The van der Waals surface area contributed by atoms with E-state index in [4.69, 9.17) is 0 Å². The average Bonchev–Trinajstić information content (AvgIpc) is 2.81. The second-order valence-corrected chi connectivity index (χ2v) is 9.34. The van der Waals surface area contributed by atoms with Crippen LogP contribution in [0.1, 0.15) is 25.8 Å². The molecule has 1 unspecified atom stereocenters. The molecule has 1 N–H and O–H groups in total. The number of alkyl halides is 3. The monoisotopic (exact) mass is 493 g/mol. The SMILES string of the molecule is CC(C)C(NC(=O)Cc1ccc2ccccc2c1)C(=O)N1CCN(CCCOCC(F)(F)F)CC1. The fourth-order valence-corrected chi connectivity index (χ4v) is 4.24. The molecule has 2 aromatic rings. The third kappa shape index (κ3) is 8.50. The van der Waals surface area contributed by atoms with Crippen molar-refractivity contribution in [3.8, 4) is 0 Å². The smallest absolute Gasteiger partial charge is 0.372 e. The minimum atomic E-state index is -4.30. The first-order valence-electron chi connectivity index (χ1n) is 12.0. The van der Waals surface area contributed by atoms with Gasteiger partial charge in [0.1, 0.15) is 12.6 Å². The highest BCUT2D eigenvalue weighted by Gasteiger charge is 2.31. The molecule has 1 aliphatic heterocycles. The van der Waals surface area contributed by atoms with E-state index in [0.717, 1.165) is 16.3 Å². The summed E-state index contributed by atoms with van der Waals surface area (Å²) in [6, 6.07) is 13.3. The van der Waals surface area contributed by atoms with Crippen LogP contribution in [0.5, 0.6) is 0 Å². The lowest BCUT2D eigenvalue weighted by atomic mass is 10.0. The van der Waals surface area contributed by atoms with Gasteiger partial charge in [0, 0.05) is 39.3 Å². The first kappa shape index (κ1) is 26.9. The Morgan fingerprint density at radius 3 is 2.37 bits per heavy atom. The van der Waals surface area contributed by atoms with E-state index >= 15 is 0 Å². The van der Waals surface area contributed by atoms with E-state index in [1.165, 1.54) is 0 Å². The van der Waals surface area contributed by atoms with Gasteiger partial charge in [0.25, 0.3) is 0 Å². The Labute approximate surface area is 204 Å². The Balaban J connectivity index is 1.45. The molecule has 9 heteroatoms. The highest BCUT2D eigenvalue weighted by atomic mass is 19.4. The van der Waals surface area contributed by atoms with E-state index in [-0.39, 0.29) is 30.8 Å². The van der Waals surface area contributed by atoms with E-state index in [2.05, 4.69) is 15.0 Å². The molecule has 1 aliphatic rings. The number of hydrogen-bond donors (Lipinski definition) is 1. The molecule has 1 heterocycles. The van der Waals surface area contributed by atoms with Gasteiger partial charge in [0.05, 0.1) is 6.42 Å². The first-order valence-corrected chi connectivity index (χ1v) is 12.0. The number of amides is 2. The summed E-state index contributed by atoms with van der Waals surface area (Å²) in [4.78, 5) is 29.8. The maximum absolute atomic E-state index is 13.2. The normalized spacial score (nSPS) is 16.0. The van der Waals surface area contributed by atoms with Crippen LogP contribution >= 0.6 is 0 Å². The molecule has 0 spiro atoms. The summed E-state index contributed by atoms with van der Waals surface area (Å²) in [5.74, 6) is -0.350. The first-order chi connectivity index (χ1) is 16.6. The Kier molecular flexibility index (Phi) is 9.51. The van der Waals surface area contributed by atoms with Crippen LogP contribution in [0.4, 0.5) is 13.2 Å². The molecular formula is C26H34F3N3O3. The zero-order chi connectivity index (χ0) is 25.4. The predicted octanol–water partition coefficient (Wildman–Crippen LogP) is 3.64. The van der Waals surface area contributed by atoms with Crippen molar-refractivity contribution in [3.63, 3.8) is 0 Å². The van der Waals surface area contributed by atoms with Crippen LogP contribution in [0, 0.1) is 5.92 Å². The van der Waals surface area contributed by atoms with Crippen molar-refractivity contribution in [3.05, 3.63) is 48.0 Å². The Bertz CT molecular complexity index is 988. The summed E-state index contributed by atoms with van der Waals surface area (Å²) in [6.45, 7) is 5.59. The second-order valence-electron chi connectivity index (χ2n) is 9.34. The van der Waals surface area contributed by atoms with E-state index in [1.807, 2.05) is 56.3 Å². The Hall–Kier alpha value is -2.65. The van der Waals surface area contributed by atoms with Crippen LogP contribution in [0.2, 0.25) is 0 Å². The summed E-state index contributed by atoms with van der Waals surface area (Å²) in [5.41, 5.74) is 0.893. The molecule has 1 saturated heterocycles. The summed E-state index contributed by atoms with van der Waals surface area (Å²) in [6.07, 6.45) is -3.60. The zero-order valence-corrected chi connectivity index (χ0v) is 20.3. The lowest BCUT2D eigenvalue weighted by Gasteiger charge is -2.37. The topological polar surface area (TPSA) is 61.9 Å². The summed E-state index contributed by atoms with van der Waals surface area (Å²) >= 11 is 0. The number of carbonyl (C=O) groups excluding carboxylic acids is 2. The lowest BCUT2D eigenvalue weighted by Crippen LogP contribution is -2.56. The highest BCUT2D eigenvalue weighted by molar-refractivity contribution is 5.89. The molecule has 1 fully saturated rings. The Morgan fingerprint density at radius 2 is 1.71 bits per heavy atom. The number of fused-ring (bicyclic) bond motifs is 1. The third-order valence-electron chi connectivity index (χ3n) is 6.14. The summed E-state index contributed by atoms with van der Waals surface area (Å²) in [7, 11) is 0. The fourth-order valence-electron chi connectivity index (χ4n) is 4.24. The van der Waals surface area contributed by atoms with Crippen LogP contribution < -0.4 is 5.32 Å². The molecule has 192 valence electrons. The zero-order valence-electron chi connectivity index (χ0n) is 20.3. The second kappa shape index (κ2) is 12.4. The van der Waals surface area contributed by atoms with Crippen molar-refractivity contribution < 1.29 is 27.5 Å². The predicted molar refractivity (Wildman–Crippen MR) is 129 cm³/mol. The van der Waals surface area contributed by atoms with Gasteiger partial charge in [-0.3, -0.25) is 14.5 Å². The Morgan fingerprint density at radius 1 is 1.03 bits per heavy atom. The van der Waals surface area contributed by atoms with Crippen molar-refractivity contribution >= 4 is 22.6 Å². The van der Waals surface area contributed by atoms with Gasteiger partial charge in [-0.15, -0.1) is 0 Å². The van der Waals surface area contributed by atoms with E-state index in [0.29, 0.717) is 39.1 Å². The molecule has 0 radical (unpaired) electrons. The molecule has 0 saturated carbocycles. The fraction of sp³-hybridized carbons (Fsp3) is 0.538. The molecular weight excluding hydrogens is 459 g/mol. The van der Waals surface area contributed by atoms with Gasteiger partial charge in [-0.2, -0.15) is 13.2 Å². The molecule has 0 aliphatic carbocycles. The van der Waals surface area contributed by atoms with Gasteiger partial charge >= 0.3 is 6.18 Å². The molecule has 6 nitrogen and oxygen atoms in total. The standard InChI is InChI=1S/C26H34F3N3O3/c1-19(2)24(30-23(33)17-20-8-9-21-6-3-4-7-22(21)16-20)25(34)32-13-11-31(12-14-32)10-5-15-35-18-26(27,28)29/h3-4,6-9,16,19,24H,5,10-15,17-18H2,1-2H3,(H,30,33). The number of benzene rings is 2. The molecule has 2 amide bonds. The molecule has 1 atom stereocenters. The molecule has 0 aromatic heterocycles. The highest BCUT2D eigenvalue weighted by Crippen LogP contribution is 2.17. The number of ether oxygens (including phenoxy) is 1. The summed E-state index contributed by atoms with van der Waals surface area (Å²) in [5, 5.41) is 5.11. The van der Waals surface area contributed by atoms with Crippen LogP contribution in [-0.2, 0) is 20.7 Å². The van der Waals surface area contributed by atoms with Crippen LogP contribution in [0.15, 0.2) is 42.5 Å². The summed E-state index contributed by atoms with van der Waals surface area (Å²) < 4.78 is 41.0. The van der Waals surface area contributed by atoms with E-state index in [1.54, 1.807) is 4.90 Å². The minimum Gasteiger partial charge on any atom is -0.372 e. The van der Waals surface area contributed by atoms with Crippen LogP contribution in [0.25, 0.3) is 10.8 Å². The van der Waals surface area contributed by atoms with Crippen molar-refractivity contribution in [2.45, 2.75) is 38.9 Å². The van der Waals surface area contributed by atoms with Crippen LogP contribution in [0.3, 0.4) is 0 Å². The number of rotatable bonds is 10. The van der Waals surface area contributed by atoms with Gasteiger partial charge in [0.15, 0.2) is 0 Å². The van der Waals surface area contributed by atoms with Gasteiger partial charge < -0.3 is 15.0 Å². The number of hydrogen-bond acceptors (Lipinski definition) is 4. The number of nitrogens with zero attached hydrogens (tertiary/aromatic N) is 2. The van der Waals surface area contributed by atoms with Gasteiger partial charge in [-0.05, 0) is 28.7 Å². The van der Waals surface area contributed by atoms with Gasteiger partial charge in [0.2, 0.25) is 11.8 Å². The van der Waals surface area contributed by atoms with Crippen LogP contribution in [-0.4, -0.2) is 79.8 Å². The van der Waals surface area contributed by atoms with Gasteiger partial charge in [-0.25, -0.2) is 0 Å². The van der Waals surface area contributed by atoms with Gasteiger partial charge in [-0.1, -0.05) is 56.3 Å². The molecule has 35 heavy (non-hydrogen) atoms. The van der Waals surface area contributed by atoms with Crippen molar-refractivity contribution in [1.82, 2.24) is 15.1 Å². The van der Waals surface area contributed by atoms with E-state index < -0.39 is 18.8 Å². The van der Waals surface area contributed by atoms with E-state index in [9.17, 15) is 22.8 Å². The molecule has 0 bridgehead atoms. The largest absolute Gasteiger partial charge is 0.411 e. The number of piperazine rings is 1. The minimum absolute atomic E-state index is 0.0529. The molecule has 2 aromatic carbocycles. The molecule has 3 rings (SSSR count). The maximum Gasteiger partial charge on any atom is 0.411 e.